The molecule has 3 saturated heterocycles. The van der Waals surface area contributed by atoms with Crippen LogP contribution in [0.4, 0.5) is 32.8 Å². The summed E-state index contributed by atoms with van der Waals surface area (Å²) in [5, 5.41) is 26.1. The van der Waals surface area contributed by atoms with Gasteiger partial charge in [0.2, 0.25) is 5.88 Å². The van der Waals surface area contributed by atoms with E-state index in [0.29, 0.717) is 69.7 Å². The zero-order valence-corrected chi connectivity index (χ0v) is 43.4. The Kier molecular flexibility index (Phi) is 12.4. The first-order chi connectivity index (χ1) is 35.9. The molecule has 7 aliphatic rings. The number of fused-ring (bicyclic) bond motifs is 5. The van der Waals surface area contributed by atoms with Gasteiger partial charge in [0, 0.05) is 56.8 Å². The molecule has 2 aliphatic carbocycles. The first kappa shape index (κ1) is 49.9. The number of anilines is 4. The monoisotopic (exact) mass is 1050 g/mol. The summed E-state index contributed by atoms with van der Waals surface area (Å²) in [6.07, 6.45) is 7.92. The Morgan fingerprint density at radius 1 is 0.933 bits per heavy atom. The fraction of sp³-hybridized carbons (Fsp3) is 0.527. The van der Waals surface area contributed by atoms with Gasteiger partial charge in [-0.15, -0.1) is 0 Å². The summed E-state index contributed by atoms with van der Waals surface area (Å²) in [5.74, 6) is -1.10. The molecule has 2 spiro atoms. The number of H-pyrrole nitrogens is 1. The van der Waals surface area contributed by atoms with Gasteiger partial charge in [-0.25, -0.2) is 17.5 Å². The highest BCUT2D eigenvalue weighted by molar-refractivity contribution is 7.90. The zero-order valence-electron chi connectivity index (χ0n) is 42.6. The van der Waals surface area contributed by atoms with Crippen molar-refractivity contribution < 1.29 is 46.6 Å². The number of pyridine rings is 1. The van der Waals surface area contributed by atoms with Crippen LogP contribution in [0.15, 0.2) is 77.8 Å². The summed E-state index contributed by atoms with van der Waals surface area (Å²) in [4.78, 5) is 40.5. The number of halogens is 1. The quantitative estimate of drug-likeness (QED) is 0.0770. The average Bonchev–Trinajstić information content (AvgIpc) is 3.79. The SMILES string of the molecule is CC1(O)CCC(CNc2ccc(S(=O)(=O)NC(=O)c3ccc(N4CCC5(CC4)CC(N4CCOC[C@]46COC(C)(C)c4ccccc46)C5)cc3N3c4cc5c(F)c[nH]c5nc4O[C@H]4COCC[C@@H]43)cc2[N+](=O)[O-])CC1. The van der Waals surface area contributed by atoms with Crippen molar-refractivity contribution in [3.63, 3.8) is 0 Å². The molecule has 5 aliphatic heterocycles. The Balaban J connectivity index is 0.828. The highest BCUT2D eigenvalue weighted by Crippen LogP contribution is 2.56. The number of rotatable bonds is 10. The third-order valence-electron chi connectivity index (χ3n) is 17.7. The lowest BCUT2D eigenvalue weighted by atomic mass is 9.59. The number of amides is 1. The molecule has 75 heavy (non-hydrogen) atoms. The Hall–Kier alpha value is -5.90. The molecule has 3 atom stereocenters. The van der Waals surface area contributed by atoms with Crippen LogP contribution in [-0.4, -0.2) is 122 Å². The second-order valence-electron chi connectivity index (χ2n) is 22.9. The highest BCUT2D eigenvalue weighted by atomic mass is 32.2. The molecule has 4 N–H and O–H groups in total. The summed E-state index contributed by atoms with van der Waals surface area (Å²) in [6.45, 7) is 11.3. The molecule has 0 radical (unpaired) electrons. The minimum absolute atomic E-state index is 0.0145. The van der Waals surface area contributed by atoms with Crippen molar-refractivity contribution in [2.75, 3.05) is 74.3 Å². The highest BCUT2D eigenvalue weighted by Gasteiger charge is 2.56. The Morgan fingerprint density at radius 2 is 1.71 bits per heavy atom. The number of aliphatic hydroxyl groups is 1. The summed E-state index contributed by atoms with van der Waals surface area (Å²) in [6, 6.07) is 19.2. The van der Waals surface area contributed by atoms with Crippen LogP contribution in [0.3, 0.4) is 0 Å². The lowest BCUT2D eigenvalue weighted by Gasteiger charge is -2.62. The van der Waals surface area contributed by atoms with E-state index in [9.17, 15) is 28.4 Å². The van der Waals surface area contributed by atoms with E-state index >= 15 is 4.39 Å². The number of nitro groups is 1. The van der Waals surface area contributed by atoms with Crippen LogP contribution < -0.4 is 24.6 Å². The summed E-state index contributed by atoms with van der Waals surface area (Å²) in [7, 11) is -4.69. The molecule has 2 saturated carbocycles. The zero-order chi connectivity index (χ0) is 52.1. The third kappa shape index (κ3) is 8.97. The van der Waals surface area contributed by atoms with E-state index in [4.69, 9.17) is 18.9 Å². The van der Waals surface area contributed by atoms with Gasteiger partial charge < -0.3 is 44.2 Å². The smallest absolute Gasteiger partial charge is 0.293 e. The Morgan fingerprint density at radius 3 is 2.48 bits per heavy atom. The van der Waals surface area contributed by atoms with Crippen LogP contribution in [0.2, 0.25) is 0 Å². The van der Waals surface area contributed by atoms with Crippen molar-refractivity contribution >= 4 is 55.4 Å². The van der Waals surface area contributed by atoms with E-state index in [1.807, 2.05) is 17.0 Å². The number of sulfonamides is 1. The number of morpholine rings is 1. The number of hydrogen-bond donors (Lipinski definition) is 4. The van der Waals surface area contributed by atoms with E-state index in [2.05, 4.69) is 67.9 Å². The van der Waals surface area contributed by atoms with E-state index < -0.39 is 60.6 Å². The Bertz CT molecular complexity index is 3160. The standard InChI is InChI=1S/C55H65FN8O10S/c1-52(2)40-6-4-5-7-41(40)55(33-73-52)32-72-23-21-62(55)36-27-54(28-36)17-19-61(20-18-54)35-8-10-38(45(24-35)63-44-14-22-71-31-48(44)74-51-47(63)26-39-42(56)30-58-49(39)59-51)50(65)60-75(69,70)37-9-11-43(46(25-37)64(67)68)57-29-34-12-15-53(3,66)16-13-34/h4-11,24-26,30,34,36,44,48,57,66H,12-23,27-29,31-33H2,1-3H3,(H,58,59)(H,60,65)/t34?,44-,48-,53?,55+/m0/s1. The number of piperidine rings is 1. The molecule has 2 aromatic heterocycles. The number of carbonyl (C=O) groups is 1. The molecule has 18 nitrogen and oxygen atoms in total. The average molecular weight is 1050 g/mol. The minimum Gasteiger partial charge on any atom is -0.468 e. The number of nitro benzene ring substituents is 1. The molecule has 20 heteroatoms. The fourth-order valence-corrected chi connectivity index (χ4v) is 14.3. The van der Waals surface area contributed by atoms with E-state index in [1.165, 1.54) is 29.5 Å². The van der Waals surface area contributed by atoms with Crippen molar-refractivity contribution in [3.8, 4) is 5.88 Å². The maximum atomic E-state index is 15.3. The first-order valence-corrected chi connectivity index (χ1v) is 27.9. The summed E-state index contributed by atoms with van der Waals surface area (Å²) < 4.78 is 71.1. The van der Waals surface area contributed by atoms with Gasteiger partial charge >= 0.3 is 0 Å². The van der Waals surface area contributed by atoms with Crippen molar-refractivity contribution in [1.82, 2.24) is 19.6 Å². The largest absolute Gasteiger partial charge is 0.468 e. The Labute approximate surface area is 435 Å². The molecule has 0 unspecified atom stereocenters. The molecule has 12 rings (SSSR count). The molecule has 0 bridgehead atoms. The topological polar surface area (TPSA) is 214 Å². The minimum atomic E-state index is -4.69. The van der Waals surface area contributed by atoms with Crippen LogP contribution in [0, 0.1) is 27.3 Å². The number of aromatic nitrogens is 2. The van der Waals surface area contributed by atoms with Crippen LogP contribution >= 0.6 is 0 Å². The molecule has 5 fully saturated rings. The number of carbonyl (C=O) groups excluding carboxylic acids is 1. The lowest BCUT2D eigenvalue weighted by Crippen LogP contribution is -2.67. The summed E-state index contributed by atoms with van der Waals surface area (Å²) >= 11 is 0. The van der Waals surface area contributed by atoms with Crippen LogP contribution in [0.25, 0.3) is 11.0 Å². The maximum Gasteiger partial charge on any atom is 0.293 e. The molecule has 1 amide bonds. The second-order valence-corrected chi connectivity index (χ2v) is 24.5. The maximum absolute atomic E-state index is 15.3. The number of nitrogens with zero attached hydrogens (tertiary/aromatic N) is 5. The van der Waals surface area contributed by atoms with E-state index in [1.54, 1.807) is 19.1 Å². The van der Waals surface area contributed by atoms with Crippen molar-refractivity contribution in [1.29, 1.82) is 0 Å². The van der Waals surface area contributed by atoms with Gasteiger partial charge in [0.05, 0.1) is 75.7 Å². The predicted molar refractivity (Wildman–Crippen MR) is 279 cm³/mol. The molecule has 398 valence electrons. The molecule has 7 heterocycles. The third-order valence-corrected chi connectivity index (χ3v) is 19.0. The number of aromatic amines is 1. The van der Waals surface area contributed by atoms with Crippen LogP contribution in [0.1, 0.15) is 100 Å². The normalized spacial score (nSPS) is 27.5. The van der Waals surface area contributed by atoms with Crippen LogP contribution in [0.5, 0.6) is 5.88 Å². The number of nitrogens with one attached hydrogen (secondary N) is 3. The summed E-state index contributed by atoms with van der Waals surface area (Å²) in [5.41, 5.74) is 2.78. The molecular weight excluding hydrogens is 984 g/mol. The lowest BCUT2D eigenvalue weighted by molar-refractivity contribution is -0.384. The van der Waals surface area contributed by atoms with Gasteiger partial charge in [0.25, 0.3) is 21.6 Å². The van der Waals surface area contributed by atoms with Crippen molar-refractivity contribution in [2.45, 2.75) is 118 Å². The number of hydrogen-bond acceptors (Lipinski definition) is 15. The van der Waals surface area contributed by atoms with Gasteiger partial charge in [0.1, 0.15) is 28.9 Å². The van der Waals surface area contributed by atoms with Gasteiger partial charge in [-0.05, 0) is 137 Å². The second kappa shape index (κ2) is 18.7. The molecule has 3 aromatic carbocycles. The number of ether oxygens (including phenoxy) is 4. The fourth-order valence-electron chi connectivity index (χ4n) is 13.3. The first-order valence-electron chi connectivity index (χ1n) is 26.4. The molecular formula is C55H65FN8O10S. The van der Waals surface area contributed by atoms with Gasteiger partial charge in [-0.1, -0.05) is 24.3 Å². The van der Waals surface area contributed by atoms with Crippen molar-refractivity contribution in [2.24, 2.45) is 11.3 Å². The predicted octanol–water partition coefficient (Wildman–Crippen LogP) is 8.01. The van der Waals surface area contributed by atoms with Gasteiger partial charge in [-0.3, -0.25) is 19.8 Å². The van der Waals surface area contributed by atoms with Crippen LogP contribution in [-0.2, 0) is 35.4 Å². The van der Waals surface area contributed by atoms with E-state index in [0.717, 1.165) is 69.9 Å². The van der Waals surface area contributed by atoms with Gasteiger partial charge in [0.15, 0.2) is 0 Å². The molecule has 5 aromatic rings. The van der Waals surface area contributed by atoms with E-state index in [-0.39, 0.29) is 51.6 Å². The number of benzene rings is 3. The van der Waals surface area contributed by atoms with Crippen molar-refractivity contribution in [3.05, 3.63) is 106 Å². The van der Waals surface area contributed by atoms with Gasteiger partial charge in [-0.2, -0.15) is 4.98 Å².